The van der Waals surface area contributed by atoms with Crippen molar-refractivity contribution in [3.05, 3.63) is 115 Å². The molecule has 3 aromatic rings. The molecule has 5 nitrogen and oxygen atoms in total. The van der Waals surface area contributed by atoms with Gasteiger partial charge in [-0.15, -0.1) is 0 Å². The van der Waals surface area contributed by atoms with Crippen molar-refractivity contribution < 1.29 is 9.72 Å². The molecule has 0 aliphatic carbocycles. The first kappa shape index (κ1) is 20.8. The SMILES string of the molecule is Cc1ccc(C2=C/C(=C\c3ccc([N+](=O)[O-])cc3)C(=O)N2c2ccc(C)cc2Br)cc1. The van der Waals surface area contributed by atoms with Crippen LogP contribution in [0.4, 0.5) is 11.4 Å². The summed E-state index contributed by atoms with van der Waals surface area (Å²) in [4.78, 5) is 25.6. The van der Waals surface area contributed by atoms with Crippen molar-refractivity contribution in [3.8, 4) is 0 Å². The number of carbonyl (C=O) groups is 1. The Morgan fingerprint density at radius 3 is 2.19 bits per heavy atom. The Labute approximate surface area is 188 Å². The first-order valence-corrected chi connectivity index (χ1v) is 10.5. The second-order valence-electron chi connectivity index (χ2n) is 7.44. The number of rotatable bonds is 4. The van der Waals surface area contributed by atoms with Gasteiger partial charge in [-0.25, -0.2) is 0 Å². The van der Waals surface area contributed by atoms with Gasteiger partial charge >= 0.3 is 0 Å². The number of nitro benzene ring substituents is 1. The Morgan fingerprint density at radius 1 is 0.935 bits per heavy atom. The lowest BCUT2D eigenvalue weighted by Crippen LogP contribution is -2.25. The van der Waals surface area contributed by atoms with E-state index in [4.69, 9.17) is 0 Å². The highest BCUT2D eigenvalue weighted by atomic mass is 79.9. The van der Waals surface area contributed by atoms with E-state index >= 15 is 0 Å². The third kappa shape index (κ3) is 4.20. The van der Waals surface area contributed by atoms with Gasteiger partial charge in [0, 0.05) is 22.2 Å². The molecule has 154 valence electrons. The molecule has 3 aromatic carbocycles. The fraction of sp³-hybridized carbons (Fsp3) is 0.0800. The van der Waals surface area contributed by atoms with Crippen LogP contribution >= 0.6 is 15.9 Å². The van der Waals surface area contributed by atoms with Crippen LogP contribution in [0.1, 0.15) is 22.3 Å². The number of aryl methyl sites for hydroxylation is 2. The summed E-state index contributed by atoms with van der Waals surface area (Å²) in [6, 6.07) is 20.1. The molecule has 1 aliphatic heterocycles. The maximum atomic E-state index is 13.4. The van der Waals surface area contributed by atoms with E-state index in [1.54, 1.807) is 23.1 Å². The molecular formula is C25H19BrN2O3. The number of halogens is 1. The molecule has 0 atom stereocenters. The molecular weight excluding hydrogens is 456 g/mol. The molecule has 0 unspecified atom stereocenters. The van der Waals surface area contributed by atoms with Gasteiger partial charge in [0.25, 0.3) is 11.6 Å². The molecule has 6 heteroatoms. The van der Waals surface area contributed by atoms with E-state index in [0.29, 0.717) is 5.57 Å². The Balaban J connectivity index is 1.81. The number of carbonyl (C=O) groups excluding carboxylic acids is 1. The molecule has 1 heterocycles. The van der Waals surface area contributed by atoms with Crippen LogP contribution in [0.5, 0.6) is 0 Å². The Hall–Kier alpha value is -3.51. The Kier molecular flexibility index (Phi) is 5.57. The van der Waals surface area contributed by atoms with E-state index in [0.717, 1.165) is 38.1 Å². The number of hydrogen-bond donors (Lipinski definition) is 0. The fourth-order valence-electron chi connectivity index (χ4n) is 3.46. The lowest BCUT2D eigenvalue weighted by molar-refractivity contribution is -0.384. The van der Waals surface area contributed by atoms with Gasteiger partial charge in [-0.05, 0) is 82.9 Å². The van der Waals surface area contributed by atoms with Crippen LogP contribution in [0.15, 0.2) is 82.9 Å². The molecule has 0 bridgehead atoms. The molecule has 0 saturated carbocycles. The summed E-state index contributed by atoms with van der Waals surface area (Å²) in [6.45, 7) is 4.02. The van der Waals surface area contributed by atoms with Gasteiger partial charge in [0.1, 0.15) is 0 Å². The van der Waals surface area contributed by atoms with Gasteiger partial charge in [0.15, 0.2) is 0 Å². The van der Waals surface area contributed by atoms with Crippen molar-refractivity contribution in [2.24, 2.45) is 0 Å². The zero-order valence-corrected chi connectivity index (χ0v) is 18.6. The maximum absolute atomic E-state index is 13.4. The number of anilines is 1. The van der Waals surface area contributed by atoms with Gasteiger partial charge in [0.2, 0.25) is 0 Å². The molecule has 0 spiro atoms. The minimum Gasteiger partial charge on any atom is -0.275 e. The average molecular weight is 475 g/mol. The highest BCUT2D eigenvalue weighted by Crippen LogP contribution is 2.39. The quantitative estimate of drug-likeness (QED) is 0.248. The van der Waals surface area contributed by atoms with Crippen LogP contribution in [-0.2, 0) is 4.79 Å². The highest BCUT2D eigenvalue weighted by Gasteiger charge is 2.31. The van der Waals surface area contributed by atoms with Crippen molar-refractivity contribution in [3.63, 3.8) is 0 Å². The Bertz CT molecular complexity index is 1240. The van der Waals surface area contributed by atoms with Gasteiger partial charge in [-0.1, -0.05) is 35.9 Å². The monoisotopic (exact) mass is 474 g/mol. The second kappa shape index (κ2) is 8.32. The van der Waals surface area contributed by atoms with E-state index < -0.39 is 4.92 Å². The molecule has 1 amide bonds. The normalized spacial score (nSPS) is 14.8. The summed E-state index contributed by atoms with van der Waals surface area (Å²) in [5.41, 5.74) is 5.94. The van der Waals surface area contributed by atoms with Crippen molar-refractivity contribution in [2.75, 3.05) is 4.90 Å². The van der Waals surface area contributed by atoms with Crippen LogP contribution in [-0.4, -0.2) is 10.8 Å². The molecule has 0 aromatic heterocycles. The summed E-state index contributed by atoms with van der Waals surface area (Å²) >= 11 is 3.60. The van der Waals surface area contributed by atoms with Crippen molar-refractivity contribution in [2.45, 2.75) is 13.8 Å². The lowest BCUT2D eigenvalue weighted by Gasteiger charge is -2.22. The number of amides is 1. The summed E-state index contributed by atoms with van der Waals surface area (Å²) in [6.07, 6.45) is 3.61. The number of nitrogens with zero attached hydrogens (tertiary/aromatic N) is 2. The van der Waals surface area contributed by atoms with Crippen LogP contribution in [0.25, 0.3) is 11.8 Å². The minimum absolute atomic E-state index is 0.0148. The van der Waals surface area contributed by atoms with Gasteiger partial charge in [-0.2, -0.15) is 0 Å². The van der Waals surface area contributed by atoms with Crippen LogP contribution in [0, 0.1) is 24.0 Å². The average Bonchev–Trinajstić information content (AvgIpc) is 3.05. The molecule has 0 saturated heterocycles. The zero-order valence-electron chi connectivity index (χ0n) is 17.0. The third-order valence-electron chi connectivity index (χ3n) is 5.10. The van der Waals surface area contributed by atoms with Crippen LogP contribution in [0.3, 0.4) is 0 Å². The number of nitro groups is 1. The largest absolute Gasteiger partial charge is 0.275 e. The van der Waals surface area contributed by atoms with Gasteiger partial charge in [0.05, 0.1) is 16.3 Å². The van der Waals surface area contributed by atoms with Crippen molar-refractivity contribution in [1.29, 1.82) is 0 Å². The molecule has 4 rings (SSSR count). The first-order chi connectivity index (χ1) is 14.8. The van der Waals surface area contributed by atoms with Gasteiger partial charge < -0.3 is 0 Å². The molecule has 0 radical (unpaired) electrons. The van der Waals surface area contributed by atoms with Gasteiger partial charge in [-0.3, -0.25) is 19.8 Å². The predicted octanol–water partition coefficient (Wildman–Crippen LogP) is 6.45. The second-order valence-corrected chi connectivity index (χ2v) is 8.29. The van der Waals surface area contributed by atoms with E-state index in [9.17, 15) is 14.9 Å². The van der Waals surface area contributed by atoms with E-state index in [1.807, 2.05) is 62.4 Å². The summed E-state index contributed by atoms with van der Waals surface area (Å²) in [5, 5.41) is 10.9. The number of non-ortho nitro benzene ring substituents is 1. The first-order valence-electron chi connectivity index (χ1n) is 9.69. The molecule has 1 aliphatic rings. The smallest absolute Gasteiger partial charge is 0.269 e. The highest BCUT2D eigenvalue weighted by molar-refractivity contribution is 9.10. The molecule has 31 heavy (non-hydrogen) atoms. The van der Waals surface area contributed by atoms with Crippen molar-refractivity contribution in [1.82, 2.24) is 0 Å². The maximum Gasteiger partial charge on any atom is 0.269 e. The standard InChI is InChI=1S/C25H19BrN2O3/c1-16-3-8-19(9-4-16)24-15-20(14-18-6-10-21(11-7-18)28(30)31)25(29)27(24)23-12-5-17(2)13-22(23)26/h3-15H,1-2H3/b20-14+. The number of hydrogen-bond acceptors (Lipinski definition) is 3. The zero-order chi connectivity index (χ0) is 22.1. The summed E-state index contributed by atoms with van der Waals surface area (Å²) in [5.74, 6) is -0.154. The lowest BCUT2D eigenvalue weighted by atomic mass is 10.1. The summed E-state index contributed by atoms with van der Waals surface area (Å²) < 4.78 is 0.829. The molecule has 0 fully saturated rings. The third-order valence-corrected chi connectivity index (χ3v) is 5.74. The van der Waals surface area contributed by atoms with Crippen molar-refractivity contribution >= 4 is 45.0 Å². The van der Waals surface area contributed by atoms with Crippen LogP contribution < -0.4 is 4.90 Å². The van der Waals surface area contributed by atoms with E-state index in [1.165, 1.54) is 12.1 Å². The van der Waals surface area contributed by atoms with Crippen LogP contribution in [0.2, 0.25) is 0 Å². The molecule has 0 N–H and O–H groups in total. The predicted molar refractivity (Wildman–Crippen MR) is 127 cm³/mol. The van der Waals surface area contributed by atoms with E-state index in [-0.39, 0.29) is 11.6 Å². The number of benzene rings is 3. The fourth-order valence-corrected chi connectivity index (χ4v) is 4.13. The topological polar surface area (TPSA) is 63.5 Å². The van der Waals surface area contributed by atoms with E-state index in [2.05, 4.69) is 15.9 Å². The Morgan fingerprint density at radius 2 is 1.58 bits per heavy atom. The minimum atomic E-state index is -0.441. The summed E-state index contributed by atoms with van der Waals surface area (Å²) in [7, 11) is 0.